The van der Waals surface area contributed by atoms with Gasteiger partial charge in [-0.1, -0.05) is 179 Å². The van der Waals surface area contributed by atoms with Gasteiger partial charge < -0.3 is 4.90 Å². The first-order valence-electron chi connectivity index (χ1n) is 19.7. The van der Waals surface area contributed by atoms with Crippen molar-refractivity contribution in [3.8, 4) is 44.5 Å². The number of benzene rings is 7. The minimum absolute atomic E-state index is 0.0461. The maximum absolute atomic E-state index is 2.49. The molecule has 0 saturated heterocycles. The average Bonchev–Trinajstić information content (AvgIpc) is 3.61. The molecule has 0 aromatic heterocycles. The Labute approximate surface area is 326 Å². The maximum atomic E-state index is 2.49. The zero-order valence-electron chi connectivity index (χ0n) is 32.1. The largest absolute Gasteiger partial charge is 0.310 e. The monoisotopic (exact) mass is 707 g/mol. The first kappa shape index (κ1) is 33.4. The maximum Gasteiger partial charge on any atom is 0.0546 e. The average molecular weight is 708 g/mol. The highest BCUT2D eigenvalue weighted by Crippen LogP contribution is 2.56. The van der Waals surface area contributed by atoms with E-state index in [-0.39, 0.29) is 10.8 Å². The van der Waals surface area contributed by atoms with Crippen molar-refractivity contribution in [1.29, 1.82) is 0 Å². The molecule has 0 bridgehead atoms. The predicted octanol–water partition coefficient (Wildman–Crippen LogP) is 14.7. The van der Waals surface area contributed by atoms with Crippen molar-refractivity contribution in [1.82, 2.24) is 0 Å². The molecule has 1 atom stereocenters. The molecular formula is C54H45N. The number of anilines is 3. The molecule has 0 amide bonds. The van der Waals surface area contributed by atoms with Crippen LogP contribution >= 0.6 is 0 Å². The van der Waals surface area contributed by atoms with E-state index in [2.05, 4.69) is 215 Å². The normalized spacial score (nSPS) is 16.8. The molecule has 266 valence electrons. The lowest BCUT2D eigenvalue weighted by Gasteiger charge is -2.31. The fourth-order valence-electron chi connectivity index (χ4n) is 9.93. The standard InChI is InChI=1S/C54H45N/c1-53(2)48-24-13-11-20-44(48)46-33-31-41(35-50(46)53)55(51-34-39(36-16-7-5-8-17-36)28-32-42(51)37-18-9-6-10-19-37)40-29-26-38(27-30-40)43-22-15-23-47-45-21-12-14-25-49(45)54(3,4)52(43)47/h5-24,26-35,49H,25H2,1-4H3. The van der Waals surface area contributed by atoms with Crippen LogP contribution < -0.4 is 4.90 Å². The molecule has 0 spiro atoms. The quantitative estimate of drug-likeness (QED) is 0.166. The Hall–Kier alpha value is -6.18. The smallest absolute Gasteiger partial charge is 0.0546 e. The summed E-state index contributed by atoms with van der Waals surface area (Å²) in [4.78, 5) is 2.49. The summed E-state index contributed by atoms with van der Waals surface area (Å²) in [6, 6.07) is 60.8. The second-order valence-corrected chi connectivity index (χ2v) is 16.5. The van der Waals surface area contributed by atoms with Crippen LogP contribution in [0.2, 0.25) is 0 Å². The van der Waals surface area contributed by atoms with E-state index in [1.54, 1.807) is 0 Å². The number of fused-ring (bicyclic) bond motifs is 6. The number of hydrogen-bond acceptors (Lipinski definition) is 1. The summed E-state index contributed by atoms with van der Waals surface area (Å²) in [5.74, 6) is 0.506. The van der Waals surface area contributed by atoms with Crippen molar-refractivity contribution in [3.63, 3.8) is 0 Å². The Kier molecular flexibility index (Phi) is 7.72. The molecule has 10 rings (SSSR count). The zero-order valence-corrected chi connectivity index (χ0v) is 32.1. The third-order valence-corrected chi connectivity index (χ3v) is 12.7. The summed E-state index contributed by atoms with van der Waals surface area (Å²) in [6.07, 6.45) is 8.01. The van der Waals surface area contributed by atoms with E-state index in [0.29, 0.717) is 5.92 Å². The second-order valence-electron chi connectivity index (χ2n) is 16.5. The van der Waals surface area contributed by atoms with Crippen LogP contribution in [-0.2, 0) is 10.8 Å². The van der Waals surface area contributed by atoms with Crippen molar-refractivity contribution < 1.29 is 0 Å². The zero-order chi connectivity index (χ0) is 37.3. The van der Waals surface area contributed by atoms with Crippen LogP contribution in [-0.4, -0.2) is 0 Å². The van der Waals surface area contributed by atoms with Crippen LogP contribution in [0.15, 0.2) is 182 Å². The molecule has 0 saturated carbocycles. The van der Waals surface area contributed by atoms with Gasteiger partial charge in [-0.2, -0.15) is 0 Å². The Morgan fingerprint density at radius 2 is 1.07 bits per heavy atom. The Morgan fingerprint density at radius 3 is 1.85 bits per heavy atom. The summed E-state index contributed by atoms with van der Waals surface area (Å²) in [7, 11) is 0. The van der Waals surface area contributed by atoms with Gasteiger partial charge in [-0.15, -0.1) is 0 Å². The SMILES string of the molecule is CC1(C)c2ccccc2-c2ccc(N(c3ccc(-c4cccc5c4C(C)(C)C4CC=CC=C54)cc3)c3cc(-c4ccccc4)ccc3-c3ccccc3)cc21. The minimum atomic E-state index is -0.117. The van der Waals surface area contributed by atoms with Crippen LogP contribution in [0.1, 0.15) is 56.4 Å². The van der Waals surface area contributed by atoms with Gasteiger partial charge in [0.2, 0.25) is 0 Å². The molecule has 7 aromatic carbocycles. The van der Waals surface area contributed by atoms with Gasteiger partial charge in [-0.05, 0) is 115 Å². The van der Waals surface area contributed by atoms with Gasteiger partial charge in [-0.3, -0.25) is 0 Å². The number of nitrogens with zero attached hydrogens (tertiary/aromatic N) is 1. The third-order valence-electron chi connectivity index (χ3n) is 12.7. The summed E-state index contributed by atoms with van der Waals surface area (Å²) in [5, 5.41) is 0. The summed E-state index contributed by atoms with van der Waals surface area (Å²) in [5.41, 5.74) is 20.5. The number of rotatable bonds is 6. The molecule has 0 N–H and O–H groups in total. The highest BCUT2D eigenvalue weighted by molar-refractivity contribution is 5.93. The predicted molar refractivity (Wildman–Crippen MR) is 233 cm³/mol. The van der Waals surface area contributed by atoms with Gasteiger partial charge in [0.1, 0.15) is 0 Å². The Bertz CT molecular complexity index is 2660. The highest BCUT2D eigenvalue weighted by Gasteiger charge is 2.44. The molecular weight excluding hydrogens is 663 g/mol. The van der Waals surface area contributed by atoms with Gasteiger partial charge in [-0.25, -0.2) is 0 Å². The molecule has 0 aliphatic heterocycles. The molecule has 0 radical (unpaired) electrons. The van der Waals surface area contributed by atoms with Crippen molar-refractivity contribution >= 4 is 22.6 Å². The third kappa shape index (κ3) is 5.29. The van der Waals surface area contributed by atoms with Crippen molar-refractivity contribution in [2.45, 2.75) is 44.9 Å². The van der Waals surface area contributed by atoms with Crippen LogP contribution in [0, 0.1) is 5.92 Å². The molecule has 1 nitrogen and oxygen atoms in total. The van der Waals surface area contributed by atoms with E-state index in [1.165, 1.54) is 72.3 Å². The number of allylic oxidation sites excluding steroid dienone is 4. The van der Waals surface area contributed by atoms with E-state index in [4.69, 9.17) is 0 Å². The van der Waals surface area contributed by atoms with E-state index in [0.717, 1.165) is 23.5 Å². The molecule has 55 heavy (non-hydrogen) atoms. The molecule has 7 aromatic rings. The molecule has 0 heterocycles. The fourth-order valence-corrected chi connectivity index (χ4v) is 9.93. The van der Waals surface area contributed by atoms with Gasteiger partial charge in [0.05, 0.1) is 5.69 Å². The van der Waals surface area contributed by atoms with E-state index in [1.807, 2.05) is 0 Å². The van der Waals surface area contributed by atoms with Crippen LogP contribution in [0.25, 0.3) is 50.1 Å². The Morgan fingerprint density at radius 1 is 0.473 bits per heavy atom. The first-order chi connectivity index (χ1) is 26.8. The van der Waals surface area contributed by atoms with Crippen LogP contribution in [0.5, 0.6) is 0 Å². The van der Waals surface area contributed by atoms with Crippen LogP contribution in [0.3, 0.4) is 0 Å². The minimum Gasteiger partial charge on any atom is -0.310 e. The van der Waals surface area contributed by atoms with Gasteiger partial charge in [0.15, 0.2) is 0 Å². The summed E-state index contributed by atoms with van der Waals surface area (Å²) >= 11 is 0. The topological polar surface area (TPSA) is 3.24 Å². The van der Waals surface area contributed by atoms with E-state index < -0.39 is 0 Å². The molecule has 3 aliphatic carbocycles. The van der Waals surface area contributed by atoms with Crippen LogP contribution in [0.4, 0.5) is 17.1 Å². The van der Waals surface area contributed by atoms with Gasteiger partial charge >= 0.3 is 0 Å². The number of hydrogen-bond donors (Lipinski definition) is 0. The van der Waals surface area contributed by atoms with Gasteiger partial charge in [0, 0.05) is 22.4 Å². The first-order valence-corrected chi connectivity index (χ1v) is 19.7. The summed E-state index contributed by atoms with van der Waals surface area (Å²) in [6.45, 7) is 9.62. The lowest BCUT2D eigenvalue weighted by molar-refractivity contribution is 0.415. The lowest BCUT2D eigenvalue weighted by atomic mass is 9.73. The second kappa shape index (κ2) is 12.7. The highest BCUT2D eigenvalue weighted by atomic mass is 15.1. The molecule has 0 fully saturated rings. The van der Waals surface area contributed by atoms with E-state index in [9.17, 15) is 0 Å². The Balaban J connectivity index is 1.17. The molecule has 1 heteroatoms. The van der Waals surface area contributed by atoms with E-state index >= 15 is 0 Å². The van der Waals surface area contributed by atoms with Crippen molar-refractivity contribution in [2.24, 2.45) is 5.92 Å². The lowest BCUT2D eigenvalue weighted by Crippen LogP contribution is -2.24. The fraction of sp³-hybridized carbons (Fsp3) is 0.148. The summed E-state index contributed by atoms with van der Waals surface area (Å²) < 4.78 is 0. The van der Waals surface area contributed by atoms with Gasteiger partial charge in [0.25, 0.3) is 0 Å². The van der Waals surface area contributed by atoms with Crippen molar-refractivity contribution in [2.75, 3.05) is 4.90 Å². The van der Waals surface area contributed by atoms with Crippen molar-refractivity contribution in [3.05, 3.63) is 204 Å². The molecule has 1 unspecified atom stereocenters. The molecule has 3 aliphatic rings.